The number of Topliss-reactive ketones (excluding diaryl/α,β-unsaturated/α-hetero) is 1. The topological polar surface area (TPSA) is 126 Å². The number of rotatable bonds is 4. The molecule has 152 valence electrons. The van der Waals surface area contributed by atoms with Crippen LogP contribution in [0.4, 0.5) is 5.69 Å². The van der Waals surface area contributed by atoms with Gasteiger partial charge in [-0.1, -0.05) is 26.8 Å². The molecule has 29 heavy (non-hydrogen) atoms. The Morgan fingerprint density at radius 3 is 2.34 bits per heavy atom. The van der Waals surface area contributed by atoms with Gasteiger partial charge in [0.05, 0.1) is 28.7 Å². The highest BCUT2D eigenvalue weighted by Crippen LogP contribution is 2.31. The van der Waals surface area contributed by atoms with E-state index in [0.717, 1.165) is 16.7 Å². The van der Waals surface area contributed by atoms with Gasteiger partial charge in [-0.25, -0.2) is 5.84 Å². The zero-order chi connectivity index (χ0) is 22.4. The molecule has 0 aliphatic rings. The molecule has 2 aromatic rings. The smallest absolute Gasteiger partial charge is 0.176 e. The van der Waals surface area contributed by atoms with Gasteiger partial charge in [0.25, 0.3) is 0 Å². The lowest BCUT2D eigenvalue weighted by Gasteiger charge is -2.21. The molecule has 7 nitrogen and oxygen atoms in total. The number of aryl methyl sites for hydroxylation is 1. The van der Waals surface area contributed by atoms with Crippen LogP contribution in [0.2, 0.25) is 0 Å². The first-order chi connectivity index (χ1) is 13.5. The first kappa shape index (κ1) is 23.5. The molecule has 0 spiro atoms. The number of carbonyl (C=O) groups excluding carboxylic acids is 2. The molecule has 0 saturated heterocycles. The summed E-state index contributed by atoms with van der Waals surface area (Å²) >= 11 is 0. The molecule has 0 unspecified atom stereocenters. The van der Waals surface area contributed by atoms with Gasteiger partial charge in [0.15, 0.2) is 5.78 Å². The van der Waals surface area contributed by atoms with Gasteiger partial charge in [-0.15, -0.1) is 0 Å². The predicted octanol–water partition coefficient (Wildman–Crippen LogP) is 3.11. The highest BCUT2D eigenvalue weighted by Gasteiger charge is 2.17. The lowest BCUT2D eigenvalue weighted by molar-refractivity contribution is -0.113. The summed E-state index contributed by atoms with van der Waals surface area (Å²) in [5, 5.41) is 10.7. The molecule has 1 heterocycles. The molecule has 0 bridgehead atoms. The van der Waals surface area contributed by atoms with E-state index < -0.39 is 0 Å². The summed E-state index contributed by atoms with van der Waals surface area (Å²) in [6.07, 6.45) is 3.12. The van der Waals surface area contributed by atoms with Crippen LogP contribution in [0.1, 0.15) is 44.5 Å². The minimum atomic E-state index is -0.260. The average Bonchev–Trinajstić information content (AvgIpc) is 2.68. The van der Waals surface area contributed by atoms with Crippen LogP contribution in [0.3, 0.4) is 0 Å². The van der Waals surface area contributed by atoms with Crippen LogP contribution in [0.5, 0.6) is 0 Å². The molecule has 0 aliphatic heterocycles. The molecule has 1 aromatic heterocycles. The van der Waals surface area contributed by atoms with Gasteiger partial charge >= 0.3 is 0 Å². The fourth-order valence-corrected chi connectivity index (χ4v) is 2.54. The summed E-state index contributed by atoms with van der Waals surface area (Å²) in [4.78, 5) is 23.8. The van der Waals surface area contributed by atoms with Crippen molar-refractivity contribution >= 4 is 18.3 Å². The molecule has 0 aliphatic carbocycles. The monoisotopic (exact) mass is 393 g/mol. The third kappa shape index (κ3) is 5.99. The third-order valence-electron chi connectivity index (χ3n) is 4.28. The first-order valence-corrected chi connectivity index (χ1v) is 8.86. The van der Waals surface area contributed by atoms with Crippen LogP contribution in [0, 0.1) is 18.3 Å². The number of allylic oxidation sites excluding steroid dienone is 1. The van der Waals surface area contributed by atoms with E-state index in [2.05, 4.69) is 37.9 Å². The molecule has 7 heteroatoms. The summed E-state index contributed by atoms with van der Waals surface area (Å²) in [5.74, 6) is 5.81. The fraction of sp³-hybridized carbons (Fsp3) is 0.273. The Kier molecular flexibility index (Phi) is 7.81. The number of hydrogen-bond acceptors (Lipinski definition) is 7. The van der Waals surface area contributed by atoms with Gasteiger partial charge in [0, 0.05) is 24.9 Å². The van der Waals surface area contributed by atoms with Crippen molar-refractivity contribution in [2.24, 2.45) is 11.6 Å². The van der Waals surface area contributed by atoms with Gasteiger partial charge in [0.1, 0.15) is 6.79 Å². The molecule has 0 radical (unpaired) electrons. The zero-order valence-electron chi connectivity index (χ0n) is 17.5. The Labute approximate surface area is 171 Å². The van der Waals surface area contributed by atoms with Crippen molar-refractivity contribution in [3.63, 3.8) is 0 Å². The Morgan fingerprint density at radius 2 is 1.83 bits per heavy atom. The molecule has 0 fully saturated rings. The van der Waals surface area contributed by atoms with Gasteiger partial charge in [0.2, 0.25) is 0 Å². The maximum Gasteiger partial charge on any atom is 0.176 e. The van der Waals surface area contributed by atoms with Crippen molar-refractivity contribution in [3.05, 3.63) is 59.2 Å². The highest BCUT2D eigenvalue weighted by molar-refractivity contribution is 5.92. The normalized spacial score (nSPS) is 11.1. The van der Waals surface area contributed by atoms with Crippen molar-refractivity contribution in [2.75, 3.05) is 5.01 Å². The second-order valence-corrected chi connectivity index (χ2v) is 7.54. The number of benzene rings is 1. The Hall–Kier alpha value is -3.50. The largest absolute Gasteiger partial charge is 0.395 e. The average molecular weight is 393 g/mol. The minimum Gasteiger partial charge on any atom is -0.395 e. The summed E-state index contributed by atoms with van der Waals surface area (Å²) in [5.41, 5.74) is 10.3. The van der Waals surface area contributed by atoms with Crippen molar-refractivity contribution < 1.29 is 9.59 Å². The maximum absolute atomic E-state index is 11.4. The van der Waals surface area contributed by atoms with Crippen LogP contribution >= 0.6 is 0 Å². The van der Waals surface area contributed by atoms with Crippen LogP contribution < -0.4 is 16.6 Å². The van der Waals surface area contributed by atoms with E-state index in [9.17, 15) is 10.1 Å². The number of nitrogens with zero attached hydrogens (tertiary/aromatic N) is 3. The number of nitriles is 1. The van der Waals surface area contributed by atoms with E-state index in [1.807, 2.05) is 31.9 Å². The molecule has 0 saturated carbocycles. The van der Waals surface area contributed by atoms with Crippen molar-refractivity contribution in [1.82, 2.24) is 4.98 Å². The third-order valence-corrected chi connectivity index (χ3v) is 4.28. The second kappa shape index (κ2) is 9.62. The Morgan fingerprint density at radius 1 is 1.21 bits per heavy atom. The highest BCUT2D eigenvalue weighted by atomic mass is 16.1. The Bertz CT molecular complexity index is 968. The van der Waals surface area contributed by atoms with E-state index in [1.165, 1.54) is 18.1 Å². The summed E-state index contributed by atoms with van der Waals surface area (Å²) in [6, 6.07) is 9.87. The van der Waals surface area contributed by atoms with Gasteiger partial charge in [-0.2, -0.15) is 5.26 Å². The van der Waals surface area contributed by atoms with Gasteiger partial charge < -0.3 is 10.5 Å². The first-order valence-electron chi connectivity index (χ1n) is 8.86. The van der Waals surface area contributed by atoms with Crippen LogP contribution in [0.15, 0.2) is 42.4 Å². The SMILES string of the molecule is C=O.CC(=O)/C(N)=C/N(N)c1cc(-c2cc(C#N)cc(C(C)(C)C)c2)cnc1C. The second-order valence-electron chi connectivity index (χ2n) is 7.54. The fourth-order valence-electron chi connectivity index (χ4n) is 2.54. The van der Waals surface area contributed by atoms with Gasteiger partial charge in [-0.05, 0) is 41.7 Å². The van der Waals surface area contributed by atoms with Crippen LogP contribution in [-0.2, 0) is 15.0 Å². The van der Waals surface area contributed by atoms with E-state index >= 15 is 0 Å². The van der Waals surface area contributed by atoms with Crippen LogP contribution in [-0.4, -0.2) is 17.6 Å². The molecule has 0 amide bonds. The number of carbonyl (C=O) groups is 2. The predicted molar refractivity (Wildman–Crippen MR) is 115 cm³/mol. The Balaban J connectivity index is 0.00000204. The maximum atomic E-state index is 11.4. The molecule has 4 N–H and O–H groups in total. The lowest BCUT2D eigenvalue weighted by Crippen LogP contribution is -2.28. The number of aromatic nitrogens is 1. The van der Waals surface area contributed by atoms with E-state index in [1.54, 1.807) is 6.20 Å². The minimum absolute atomic E-state index is 0.0591. The number of hydrogen-bond donors (Lipinski definition) is 2. The standard InChI is InChI=1S/C21H25N5O.CH2O/c1-13-20(26(24)12-19(23)14(2)27)9-17(11-25-13)16-6-15(10-22)7-18(8-16)21(3,4)5;1-2/h6-9,11-12H,23-24H2,1-5H3;1H2/b19-12-;. The summed E-state index contributed by atoms with van der Waals surface area (Å²) in [7, 11) is 0. The summed E-state index contributed by atoms with van der Waals surface area (Å²) < 4.78 is 0. The number of ketones is 1. The molecule has 0 atom stereocenters. The number of anilines is 1. The van der Waals surface area contributed by atoms with Crippen LogP contribution in [0.25, 0.3) is 11.1 Å². The zero-order valence-corrected chi connectivity index (χ0v) is 17.5. The van der Waals surface area contributed by atoms with Crippen molar-refractivity contribution in [2.45, 2.75) is 40.0 Å². The van der Waals surface area contributed by atoms with Crippen molar-refractivity contribution in [3.8, 4) is 17.2 Å². The summed E-state index contributed by atoms with van der Waals surface area (Å²) in [6.45, 7) is 11.5. The number of hydrazine groups is 1. The molecule has 1 aromatic carbocycles. The lowest BCUT2D eigenvalue weighted by atomic mass is 9.84. The molecular formula is C22H27N5O2. The van der Waals surface area contributed by atoms with E-state index in [0.29, 0.717) is 16.9 Å². The van der Waals surface area contributed by atoms with Gasteiger partial charge in [-0.3, -0.25) is 14.8 Å². The van der Waals surface area contributed by atoms with E-state index in [-0.39, 0.29) is 16.9 Å². The number of pyridine rings is 1. The molecule has 2 rings (SSSR count). The quantitative estimate of drug-likeness (QED) is 0.464. The number of nitrogens with two attached hydrogens (primary N) is 2. The van der Waals surface area contributed by atoms with Crippen molar-refractivity contribution in [1.29, 1.82) is 5.26 Å². The molecular weight excluding hydrogens is 366 g/mol. The van der Waals surface area contributed by atoms with E-state index in [4.69, 9.17) is 16.4 Å².